The SMILES string of the molecule is CC(C)(C)N1CC(c2nc3ccccc3n2CC(O)COc2ccccc2)CC1=O. The van der Waals surface area contributed by atoms with Crippen molar-refractivity contribution in [3.63, 3.8) is 0 Å². The summed E-state index contributed by atoms with van der Waals surface area (Å²) in [6.45, 7) is 7.36. The van der Waals surface area contributed by atoms with Gasteiger partial charge in [0, 0.05) is 24.4 Å². The van der Waals surface area contributed by atoms with Crippen LogP contribution in [0.2, 0.25) is 0 Å². The molecule has 2 heterocycles. The fraction of sp³-hybridized carbons (Fsp3) is 0.417. The van der Waals surface area contributed by atoms with Crippen LogP contribution in [-0.4, -0.2) is 50.3 Å². The van der Waals surface area contributed by atoms with Crippen LogP contribution in [0.25, 0.3) is 11.0 Å². The van der Waals surface area contributed by atoms with E-state index >= 15 is 0 Å². The summed E-state index contributed by atoms with van der Waals surface area (Å²) in [6, 6.07) is 17.4. The van der Waals surface area contributed by atoms with E-state index < -0.39 is 6.10 Å². The third kappa shape index (κ3) is 4.19. The van der Waals surface area contributed by atoms with E-state index in [1.165, 1.54) is 0 Å². The lowest BCUT2D eigenvalue weighted by Gasteiger charge is -2.32. The van der Waals surface area contributed by atoms with Crippen LogP contribution in [0.4, 0.5) is 0 Å². The first-order valence-electron chi connectivity index (χ1n) is 10.4. The lowest BCUT2D eigenvalue weighted by atomic mass is 10.1. The van der Waals surface area contributed by atoms with Gasteiger partial charge < -0.3 is 19.3 Å². The van der Waals surface area contributed by atoms with Gasteiger partial charge >= 0.3 is 0 Å². The molecule has 1 aliphatic rings. The van der Waals surface area contributed by atoms with E-state index in [9.17, 15) is 9.90 Å². The molecule has 1 fully saturated rings. The van der Waals surface area contributed by atoms with E-state index in [1.54, 1.807) is 0 Å². The number of amides is 1. The highest BCUT2D eigenvalue weighted by Crippen LogP contribution is 2.34. The van der Waals surface area contributed by atoms with Crippen molar-refractivity contribution in [3.8, 4) is 5.75 Å². The number of imidazole rings is 1. The van der Waals surface area contributed by atoms with Gasteiger partial charge in [-0.1, -0.05) is 30.3 Å². The Morgan fingerprint density at radius 2 is 1.83 bits per heavy atom. The minimum absolute atomic E-state index is 0.00590. The number of benzene rings is 2. The first-order chi connectivity index (χ1) is 14.3. The Morgan fingerprint density at radius 1 is 1.13 bits per heavy atom. The summed E-state index contributed by atoms with van der Waals surface area (Å²) in [5, 5.41) is 10.7. The van der Waals surface area contributed by atoms with Crippen LogP contribution >= 0.6 is 0 Å². The van der Waals surface area contributed by atoms with Gasteiger partial charge in [-0.25, -0.2) is 4.98 Å². The average Bonchev–Trinajstić information content (AvgIpc) is 3.28. The van der Waals surface area contributed by atoms with Gasteiger partial charge in [0.1, 0.15) is 24.3 Å². The minimum Gasteiger partial charge on any atom is -0.491 e. The number of aliphatic hydroxyl groups is 1. The summed E-state index contributed by atoms with van der Waals surface area (Å²) in [4.78, 5) is 19.4. The fourth-order valence-electron chi connectivity index (χ4n) is 4.10. The number of fused-ring (bicyclic) bond motifs is 1. The molecule has 0 spiro atoms. The summed E-state index contributed by atoms with van der Waals surface area (Å²) >= 11 is 0. The van der Waals surface area contributed by atoms with Gasteiger partial charge in [0.15, 0.2) is 0 Å². The molecule has 0 saturated carbocycles. The summed E-state index contributed by atoms with van der Waals surface area (Å²) in [5.74, 6) is 1.75. The highest BCUT2D eigenvalue weighted by Gasteiger charge is 2.39. The predicted octanol–water partition coefficient (Wildman–Crippen LogP) is 3.59. The van der Waals surface area contributed by atoms with Crippen molar-refractivity contribution in [2.75, 3.05) is 13.2 Å². The molecule has 30 heavy (non-hydrogen) atoms. The monoisotopic (exact) mass is 407 g/mol. The zero-order chi connectivity index (χ0) is 21.3. The summed E-state index contributed by atoms with van der Waals surface area (Å²) < 4.78 is 7.78. The molecule has 2 atom stereocenters. The average molecular weight is 408 g/mol. The van der Waals surface area contributed by atoms with Crippen molar-refractivity contribution < 1.29 is 14.6 Å². The molecule has 6 nitrogen and oxygen atoms in total. The highest BCUT2D eigenvalue weighted by atomic mass is 16.5. The number of carbonyl (C=O) groups is 1. The van der Waals surface area contributed by atoms with E-state index in [0.717, 1.165) is 22.6 Å². The zero-order valence-corrected chi connectivity index (χ0v) is 17.8. The molecular formula is C24H29N3O3. The van der Waals surface area contributed by atoms with Crippen LogP contribution < -0.4 is 4.74 Å². The number of likely N-dealkylation sites (tertiary alicyclic amines) is 1. The summed E-state index contributed by atoms with van der Waals surface area (Å²) in [7, 11) is 0. The standard InChI is InChI=1S/C24H29N3O3/c1-24(2,3)27-14-17(13-22(27)29)23-25-20-11-7-8-12-21(20)26(23)15-18(28)16-30-19-9-5-4-6-10-19/h4-12,17-18,28H,13-16H2,1-3H3. The number of nitrogens with zero attached hydrogens (tertiary/aromatic N) is 3. The molecule has 1 amide bonds. The molecule has 2 unspecified atom stereocenters. The maximum atomic E-state index is 12.6. The lowest BCUT2D eigenvalue weighted by Crippen LogP contribution is -2.42. The second kappa shape index (κ2) is 8.11. The topological polar surface area (TPSA) is 67.6 Å². The van der Waals surface area contributed by atoms with Crippen LogP contribution in [0.3, 0.4) is 0 Å². The summed E-state index contributed by atoms with van der Waals surface area (Å²) in [6.07, 6.45) is -0.255. The number of hydrogen-bond donors (Lipinski definition) is 1. The van der Waals surface area contributed by atoms with Gasteiger partial charge in [-0.2, -0.15) is 0 Å². The number of ether oxygens (including phenoxy) is 1. The summed E-state index contributed by atoms with van der Waals surface area (Å²) in [5.41, 5.74) is 1.63. The van der Waals surface area contributed by atoms with Gasteiger partial charge in [-0.15, -0.1) is 0 Å². The number of aromatic nitrogens is 2. The van der Waals surface area contributed by atoms with Crippen LogP contribution in [0.15, 0.2) is 54.6 Å². The molecule has 0 bridgehead atoms. The third-order valence-corrected chi connectivity index (χ3v) is 5.56. The quantitative estimate of drug-likeness (QED) is 0.678. The Balaban J connectivity index is 1.57. The van der Waals surface area contributed by atoms with Gasteiger partial charge in [0.05, 0.1) is 17.6 Å². The van der Waals surface area contributed by atoms with Crippen LogP contribution in [0.1, 0.15) is 38.9 Å². The fourth-order valence-corrected chi connectivity index (χ4v) is 4.10. The van der Waals surface area contributed by atoms with E-state index in [4.69, 9.17) is 9.72 Å². The molecule has 1 aromatic heterocycles. The highest BCUT2D eigenvalue weighted by molar-refractivity contribution is 5.81. The molecule has 1 saturated heterocycles. The number of para-hydroxylation sites is 3. The van der Waals surface area contributed by atoms with Crippen LogP contribution in [0, 0.1) is 0 Å². The van der Waals surface area contributed by atoms with Crippen molar-refractivity contribution in [3.05, 3.63) is 60.4 Å². The molecule has 0 radical (unpaired) electrons. The molecular weight excluding hydrogens is 378 g/mol. The smallest absolute Gasteiger partial charge is 0.223 e. The first kappa shape index (κ1) is 20.4. The molecule has 0 aliphatic carbocycles. The Kier molecular flexibility index (Phi) is 5.52. The van der Waals surface area contributed by atoms with Crippen molar-refractivity contribution in [2.24, 2.45) is 0 Å². The molecule has 1 N–H and O–H groups in total. The second-order valence-corrected chi connectivity index (χ2v) is 8.92. The van der Waals surface area contributed by atoms with Crippen molar-refractivity contribution in [1.29, 1.82) is 0 Å². The maximum absolute atomic E-state index is 12.6. The Bertz CT molecular complexity index is 1020. The normalized spacial score (nSPS) is 18.2. The van der Waals surface area contributed by atoms with Gasteiger partial charge in [0.25, 0.3) is 0 Å². The third-order valence-electron chi connectivity index (χ3n) is 5.56. The molecule has 158 valence electrons. The van der Waals surface area contributed by atoms with E-state index in [-0.39, 0.29) is 24.0 Å². The van der Waals surface area contributed by atoms with Gasteiger partial charge in [0.2, 0.25) is 5.91 Å². The van der Waals surface area contributed by atoms with Crippen molar-refractivity contribution >= 4 is 16.9 Å². The predicted molar refractivity (Wildman–Crippen MR) is 117 cm³/mol. The van der Waals surface area contributed by atoms with Crippen LogP contribution in [0.5, 0.6) is 5.75 Å². The number of carbonyl (C=O) groups excluding carboxylic acids is 1. The van der Waals surface area contributed by atoms with Crippen molar-refractivity contribution in [1.82, 2.24) is 14.5 Å². The Labute approximate surface area is 177 Å². The Morgan fingerprint density at radius 3 is 2.53 bits per heavy atom. The lowest BCUT2D eigenvalue weighted by molar-refractivity contribution is -0.131. The molecule has 2 aromatic carbocycles. The minimum atomic E-state index is -0.697. The molecule has 6 heteroatoms. The molecule has 3 aromatic rings. The first-order valence-corrected chi connectivity index (χ1v) is 10.4. The molecule has 1 aliphatic heterocycles. The van der Waals surface area contributed by atoms with Gasteiger partial charge in [-0.3, -0.25) is 4.79 Å². The van der Waals surface area contributed by atoms with Crippen LogP contribution in [-0.2, 0) is 11.3 Å². The van der Waals surface area contributed by atoms with E-state index in [2.05, 4.69) is 25.3 Å². The van der Waals surface area contributed by atoms with Gasteiger partial charge in [-0.05, 0) is 45.0 Å². The number of hydrogen-bond acceptors (Lipinski definition) is 4. The molecule has 4 rings (SSSR count). The zero-order valence-electron chi connectivity index (χ0n) is 17.8. The maximum Gasteiger partial charge on any atom is 0.223 e. The van der Waals surface area contributed by atoms with E-state index in [0.29, 0.717) is 19.5 Å². The number of aliphatic hydroxyl groups excluding tert-OH is 1. The van der Waals surface area contributed by atoms with E-state index in [1.807, 2.05) is 59.5 Å². The van der Waals surface area contributed by atoms with Crippen molar-refractivity contribution in [2.45, 2.75) is 51.3 Å². The number of rotatable bonds is 6. The largest absolute Gasteiger partial charge is 0.491 e. The second-order valence-electron chi connectivity index (χ2n) is 8.92. The Hall–Kier alpha value is -2.86.